The Morgan fingerprint density at radius 3 is 1.67 bits per heavy atom. The van der Waals surface area contributed by atoms with Crippen LogP contribution in [0.4, 0.5) is 0 Å². The number of hydrogen-bond acceptors (Lipinski definition) is 11. The average molecular weight is 865 g/mol. The van der Waals surface area contributed by atoms with Crippen molar-refractivity contribution in [3.8, 4) is 0 Å². The number of ketones is 1. The number of carbonyl (C=O) groups is 3. The van der Waals surface area contributed by atoms with E-state index in [1.165, 1.54) is 19.3 Å². The number of allylic oxidation sites excluding steroid dienone is 8. The van der Waals surface area contributed by atoms with E-state index in [-0.39, 0.29) is 18.6 Å². The zero-order valence-corrected chi connectivity index (χ0v) is 36.9. The van der Waals surface area contributed by atoms with E-state index in [4.69, 9.17) is 23.8 Å². The lowest BCUT2D eigenvalue weighted by molar-refractivity contribution is -0.161. The highest BCUT2D eigenvalue weighted by molar-refractivity contribution is 7.47. The van der Waals surface area contributed by atoms with Crippen molar-refractivity contribution >= 4 is 33.4 Å². The lowest BCUT2D eigenvalue weighted by Gasteiger charge is -2.20. The van der Waals surface area contributed by atoms with E-state index >= 15 is 0 Å². The van der Waals surface area contributed by atoms with Crippen LogP contribution in [0.25, 0.3) is 0 Å². The maximum Gasteiger partial charge on any atom is 0.472 e. The van der Waals surface area contributed by atoms with Crippen molar-refractivity contribution in [2.45, 2.75) is 174 Å². The van der Waals surface area contributed by atoms with E-state index in [1.54, 1.807) is 12.2 Å². The third-order valence-corrected chi connectivity index (χ3v) is 10.1. The number of rotatable bonds is 40. The fraction of sp³-hybridized carbons (Fsp3) is 0.738. The minimum absolute atomic E-state index is 0.0965. The van der Waals surface area contributed by atoms with Gasteiger partial charge < -0.3 is 29.3 Å². The van der Waals surface area contributed by atoms with E-state index < -0.39 is 66.2 Å². The van der Waals surface area contributed by atoms with Crippen LogP contribution in [0.2, 0.25) is 0 Å². The van der Waals surface area contributed by atoms with Crippen LogP contribution in [-0.2, 0) is 46.6 Å². The number of aliphatic hydroxyl groups excluding tert-OH is 1. The van der Waals surface area contributed by atoms with Gasteiger partial charge in [-0.1, -0.05) is 121 Å². The quantitative estimate of drug-likeness (QED) is 0.0113. The summed E-state index contributed by atoms with van der Waals surface area (Å²) in [7, 11) is -9.70. The number of phosphoric acid groups is 2. The van der Waals surface area contributed by atoms with Gasteiger partial charge in [0.15, 0.2) is 11.9 Å². The summed E-state index contributed by atoms with van der Waals surface area (Å²) in [5.41, 5.74) is 0. The second-order valence-electron chi connectivity index (χ2n) is 14.3. The van der Waals surface area contributed by atoms with Crippen LogP contribution < -0.4 is 0 Å². The Morgan fingerprint density at radius 2 is 1.05 bits per heavy atom. The lowest BCUT2D eigenvalue weighted by atomic mass is 10.1. The van der Waals surface area contributed by atoms with Crippen molar-refractivity contribution in [2.24, 2.45) is 0 Å². The summed E-state index contributed by atoms with van der Waals surface area (Å²) in [6, 6.07) is 0. The molecule has 0 aromatic heterocycles. The van der Waals surface area contributed by atoms with Gasteiger partial charge in [0.2, 0.25) is 0 Å². The van der Waals surface area contributed by atoms with Gasteiger partial charge in [0.1, 0.15) is 12.7 Å². The van der Waals surface area contributed by atoms with Gasteiger partial charge in [0.25, 0.3) is 0 Å². The molecule has 0 heterocycles. The monoisotopic (exact) mass is 864 g/mol. The minimum atomic E-state index is -4.87. The van der Waals surface area contributed by atoms with Crippen molar-refractivity contribution in [1.82, 2.24) is 0 Å². The van der Waals surface area contributed by atoms with Crippen LogP contribution in [0, 0.1) is 0 Å². The number of esters is 2. The summed E-state index contributed by atoms with van der Waals surface area (Å²) in [5, 5.41) is 9.73. The normalized spacial score (nSPS) is 14.4. The Morgan fingerprint density at radius 1 is 0.552 bits per heavy atom. The molecule has 0 rings (SSSR count). The van der Waals surface area contributed by atoms with Crippen LogP contribution in [0.3, 0.4) is 0 Å². The Bertz CT molecular complexity index is 1280. The molecule has 0 aliphatic heterocycles. The van der Waals surface area contributed by atoms with Gasteiger partial charge in [-0.25, -0.2) is 9.13 Å². The molecule has 58 heavy (non-hydrogen) atoms. The van der Waals surface area contributed by atoms with E-state index in [1.807, 2.05) is 12.2 Å². The SMILES string of the molecule is CCCCC/C=C\C/C=C\CCCCCCCC(=O)O[C@H](COC(=O)CCCCCCC/C=C\C=C\C(=O)CCCCC)COP(=O)(O)OC[C@@H](O)COP(=O)(O)O. The Hall–Kier alpha value is -2.25. The number of aliphatic hydroxyl groups is 1. The van der Waals surface area contributed by atoms with Crippen molar-refractivity contribution in [1.29, 1.82) is 0 Å². The molecule has 0 saturated heterocycles. The maximum atomic E-state index is 12.6. The third-order valence-electron chi connectivity index (χ3n) is 8.66. The highest BCUT2D eigenvalue weighted by Crippen LogP contribution is 2.43. The predicted octanol–water partition coefficient (Wildman–Crippen LogP) is 9.85. The van der Waals surface area contributed by atoms with E-state index in [0.29, 0.717) is 19.3 Å². The van der Waals surface area contributed by atoms with Crippen LogP contribution >= 0.6 is 15.6 Å². The van der Waals surface area contributed by atoms with Crippen LogP contribution in [-0.4, -0.2) is 76.1 Å². The molecular weight excluding hydrogens is 790 g/mol. The molecule has 0 aromatic rings. The molecule has 0 amide bonds. The molecule has 4 N–H and O–H groups in total. The van der Waals surface area contributed by atoms with Crippen molar-refractivity contribution in [3.05, 3.63) is 48.6 Å². The molecule has 1 unspecified atom stereocenters. The molecule has 0 aromatic carbocycles. The highest BCUT2D eigenvalue weighted by atomic mass is 31.2. The second-order valence-corrected chi connectivity index (χ2v) is 17.0. The molecule has 3 atom stereocenters. The molecule has 0 aliphatic carbocycles. The molecule has 0 saturated carbocycles. The first-order valence-corrected chi connectivity index (χ1v) is 24.3. The largest absolute Gasteiger partial charge is 0.472 e. The van der Waals surface area contributed by atoms with E-state index in [2.05, 4.69) is 47.2 Å². The van der Waals surface area contributed by atoms with Crippen molar-refractivity contribution in [2.75, 3.05) is 26.4 Å². The fourth-order valence-corrected chi connectivity index (χ4v) is 6.51. The summed E-state index contributed by atoms with van der Waals surface area (Å²) in [5.74, 6) is -0.961. The molecule has 0 aliphatic rings. The predicted molar refractivity (Wildman–Crippen MR) is 226 cm³/mol. The summed E-state index contributed by atoms with van der Waals surface area (Å²) >= 11 is 0. The lowest BCUT2D eigenvalue weighted by Crippen LogP contribution is -2.30. The third kappa shape index (κ3) is 40.5. The zero-order valence-electron chi connectivity index (χ0n) is 35.1. The van der Waals surface area contributed by atoms with Crippen LogP contribution in [0.1, 0.15) is 162 Å². The first-order chi connectivity index (χ1) is 27.8. The first-order valence-electron chi connectivity index (χ1n) is 21.3. The number of phosphoric ester groups is 2. The van der Waals surface area contributed by atoms with Crippen molar-refractivity contribution in [3.63, 3.8) is 0 Å². The summed E-state index contributed by atoms with van der Waals surface area (Å²) in [4.78, 5) is 64.4. The summed E-state index contributed by atoms with van der Waals surface area (Å²) in [6.07, 6.45) is 33.7. The number of hydrogen-bond donors (Lipinski definition) is 4. The van der Waals surface area contributed by atoms with Gasteiger partial charge in [0.05, 0.1) is 19.8 Å². The van der Waals surface area contributed by atoms with Crippen LogP contribution in [0.15, 0.2) is 48.6 Å². The smallest absolute Gasteiger partial charge is 0.462 e. The van der Waals surface area contributed by atoms with Gasteiger partial charge in [-0.2, -0.15) is 0 Å². The van der Waals surface area contributed by atoms with Gasteiger partial charge in [-0.15, -0.1) is 0 Å². The van der Waals surface area contributed by atoms with E-state index in [0.717, 1.165) is 96.3 Å². The zero-order chi connectivity index (χ0) is 43.2. The first kappa shape index (κ1) is 55.8. The summed E-state index contributed by atoms with van der Waals surface area (Å²) < 4.78 is 47.7. The van der Waals surface area contributed by atoms with Gasteiger partial charge in [-0.05, 0) is 70.3 Å². The Labute approximate surface area is 347 Å². The minimum Gasteiger partial charge on any atom is -0.462 e. The molecule has 0 radical (unpaired) electrons. The average Bonchev–Trinajstić information content (AvgIpc) is 3.17. The molecular formula is C42H74O14P2. The number of unbranched alkanes of at least 4 members (excludes halogenated alkanes) is 15. The molecule has 16 heteroatoms. The molecule has 0 bridgehead atoms. The number of ether oxygens (including phenoxy) is 2. The Balaban J connectivity index is 4.62. The van der Waals surface area contributed by atoms with Crippen molar-refractivity contribution < 1.29 is 66.3 Å². The fourth-order valence-electron chi connectivity index (χ4n) is 5.36. The topological polar surface area (TPSA) is 212 Å². The number of carbonyl (C=O) groups excluding carboxylic acids is 3. The second kappa shape index (κ2) is 37.7. The standard InChI is InChI=1S/C42H74O14P2/c1-3-5-7-8-9-10-11-12-13-14-15-18-22-25-29-33-42(46)56-40(37-55-58(50,51)54-35-39(44)34-53-57(47,48)49)36-52-41(45)32-28-24-21-19-16-17-20-23-27-31-38(43)30-26-6-4-2/h9-10,12-13,20,23,27,31,39-40,44H,3-8,11,14-19,21-22,24-26,28-30,32-37H2,1-2H3,(H,50,51)(H2,47,48,49)/b10-9-,13-12-,23-20-,31-27+/t39-,40+/m0/s1. The molecule has 0 fully saturated rings. The molecule has 336 valence electrons. The molecule has 14 nitrogen and oxygen atoms in total. The highest BCUT2D eigenvalue weighted by Gasteiger charge is 2.28. The summed E-state index contributed by atoms with van der Waals surface area (Å²) in [6.45, 7) is 1.50. The van der Waals surface area contributed by atoms with Gasteiger partial charge in [0, 0.05) is 19.3 Å². The molecule has 0 spiro atoms. The van der Waals surface area contributed by atoms with Gasteiger partial charge in [-0.3, -0.25) is 28.0 Å². The van der Waals surface area contributed by atoms with E-state index in [9.17, 15) is 33.5 Å². The van der Waals surface area contributed by atoms with Gasteiger partial charge >= 0.3 is 27.6 Å². The maximum absolute atomic E-state index is 12.6. The van der Waals surface area contributed by atoms with Crippen LogP contribution in [0.5, 0.6) is 0 Å². The Kier molecular flexibility index (Phi) is 36.3.